The van der Waals surface area contributed by atoms with Gasteiger partial charge in [-0.1, -0.05) is 71.6 Å². The van der Waals surface area contributed by atoms with Crippen molar-refractivity contribution in [2.45, 2.75) is 78.1 Å². The van der Waals surface area contributed by atoms with E-state index in [1.165, 1.54) is 64.2 Å². The minimum Gasteiger partial charge on any atom is -0.0654 e. The first-order valence-corrected chi connectivity index (χ1v) is 6.83. The van der Waals surface area contributed by atoms with Gasteiger partial charge in [0.05, 0.1) is 0 Å². The van der Waals surface area contributed by atoms with Gasteiger partial charge in [0, 0.05) is 0 Å². The minimum absolute atomic E-state index is 0.990. The summed E-state index contributed by atoms with van der Waals surface area (Å²) in [6, 6.07) is 0. The van der Waals surface area contributed by atoms with Crippen molar-refractivity contribution >= 4 is 0 Å². The van der Waals surface area contributed by atoms with Gasteiger partial charge in [0.15, 0.2) is 0 Å². The molecule has 1 saturated carbocycles. The molecule has 0 amide bonds. The second kappa shape index (κ2) is 7.31. The maximum absolute atomic E-state index is 2.46. The largest absolute Gasteiger partial charge is 0.0654 e. The lowest BCUT2D eigenvalue weighted by Crippen LogP contribution is -2.10. The van der Waals surface area contributed by atoms with Crippen LogP contribution in [0.5, 0.6) is 0 Å². The van der Waals surface area contributed by atoms with Gasteiger partial charge in [0.1, 0.15) is 0 Å². The van der Waals surface area contributed by atoms with Gasteiger partial charge in [-0.05, 0) is 18.3 Å². The lowest BCUT2D eigenvalue weighted by molar-refractivity contribution is 0.286. The molecule has 84 valence electrons. The Kier molecular flexibility index (Phi) is 6.31. The van der Waals surface area contributed by atoms with Gasteiger partial charge in [-0.25, -0.2) is 0 Å². The van der Waals surface area contributed by atoms with Crippen molar-refractivity contribution in [2.75, 3.05) is 0 Å². The zero-order valence-corrected chi connectivity index (χ0v) is 10.2. The smallest absolute Gasteiger partial charge is 0.0412 e. The summed E-state index contributed by atoms with van der Waals surface area (Å²) in [7, 11) is 0. The van der Waals surface area contributed by atoms with Crippen LogP contribution in [-0.2, 0) is 0 Å². The first-order chi connectivity index (χ1) is 6.83. The van der Waals surface area contributed by atoms with Crippen LogP contribution in [0.25, 0.3) is 0 Å². The predicted molar refractivity (Wildman–Crippen MR) is 64.5 cm³/mol. The van der Waals surface area contributed by atoms with Crippen LogP contribution >= 0.6 is 0 Å². The average molecular weight is 196 g/mol. The van der Waals surface area contributed by atoms with Crippen LogP contribution in [0.3, 0.4) is 0 Å². The third-order valence-corrected chi connectivity index (χ3v) is 3.76. The van der Waals surface area contributed by atoms with Crippen LogP contribution in [0.4, 0.5) is 0 Å². The van der Waals surface area contributed by atoms with Crippen LogP contribution in [0.2, 0.25) is 0 Å². The highest BCUT2D eigenvalue weighted by Crippen LogP contribution is 2.30. The van der Waals surface area contributed by atoms with Gasteiger partial charge < -0.3 is 0 Å². The van der Waals surface area contributed by atoms with E-state index in [1.807, 2.05) is 0 Å². The van der Waals surface area contributed by atoms with E-state index >= 15 is 0 Å². The lowest BCUT2D eigenvalue weighted by atomic mass is 9.82. The molecule has 0 N–H and O–H groups in total. The molecule has 0 bridgehead atoms. The summed E-state index contributed by atoms with van der Waals surface area (Å²) in [4.78, 5) is 0. The molecule has 14 heavy (non-hydrogen) atoms. The van der Waals surface area contributed by atoms with Gasteiger partial charge in [-0.2, -0.15) is 0 Å². The molecule has 1 fully saturated rings. The summed E-state index contributed by atoms with van der Waals surface area (Å²) in [6.07, 6.45) is 14.8. The third kappa shape index (κ3) is 5.02. The number of unbranched alkanes of at least 4 members (excludes halogenated alkanes) is 2. The highest BCUT2D eigenvalue weighted by molar-refractivity contribution is 4.68. The van der Waals surface area contributed by atoms with Crippen LogP contribution < -0.4 is 0 Å². The molecule has 1 rings (SSSR count). The van der Waals surface area contributed by atoms with E-state index in [0.29, 0.717) is 0 Å². The molecule has 0 saturated heterocycles. The second-order valence-corrected chi connectivity index (χ2v) is 5.34. The summed E-state index contributed by atoms with van der Waals surface area (Å²) in [6.45, 7) is 4.76. The zero-order valence-electron chi connectivity index (χ0n) is 10.2. The number of rotatable bonds is 6. The first-order valence-electron chi connectivity index (χ1n) is 6.83. The van der Waals surface area contributed by atoms with Crippen molar-refractivity contribution in [1.82, 2.24) is 0 Å². The Bertz CT molecular complexity index is 122. The van der Waals surface area contributed by atoms with Crippen molar-refractivity contribution in [2.24, 2.45) is 11.8 Å². The Morgan fingerprint density at radius 3 is 2.43 bits per heavy atom. The van der Waals surface area contributed by atoms with E-state index in [1.54, 1.807) is 0 Å². The van der Waals surface area contributed by atoms with Gasteiger partial charge in [0.25, 0.3) is 0 Å². The standard InChI is InChI=1S/C14H28/c1-3-4-6-9-13(2)12-14-10-7-5-8-11-14/h13-14H,3-12H2,1-2H3. The fourth-order valence-electron chi connectivity index (χ4n) is 2.85. The molecule has 0 heteroatoms. The van der Waals surface area contributed by atoms with Crippen LogP contribution in [0, 0.1) is 11.8 Å². The Balaban J connectivity index is 2.03. The molecule has 0 aliphatic heterocycles. The zero-order chi connectivity index (χ0) is 10.2. The molecular formula is C14H28. The summed E-state index contributed by atoms with van der Waals surface area (Å²) in [5.74, 6) is 2.07. The van der Waals surface area contributed by atoms with Gasteiger partial charge >= 0.3 is 0 Å². The molecule has 0 aromatic carbocycles. The SMILES string of the molecule is CCCCCC(C)CC1CCCCC1. The molecule has 0 nitrogen and oxygen atoms in total. The Morgan fingerprint density at radius 1 is 1.07 bits per heavy atom. The van der Waals surface area contributed by atoms with E-state index in [4.69, 9.17) is 0 Å². The van der Waals surface area contributed by atoms with Gasteiger partial charge in [-0.15, -0.1) is 0 Å². The molecule has 0 radical (unpaired) electrons. The second-order valence-electron chi connectivity index (χ2n) is 5.34. The monoisotopic (exact) mass is 196 g/mol. The number of hydrogen-bond donors (Lipinski definition) is 0. The van der Waals surface area contributed by atoms with E-state index in [2.05, 4.69) is 13.8 Å². The normalized spacial score (nSPS) is 21.0. The van der Waals surface area contributed by atoms with Crippen molar-refractivity contribution in [1.29, 1.82) is 0 Å². The van der Waals surface area contributed by atoms with E-state index < -0.39 is 0 Å². The first kappa shape index (κ1) is 12.1. The van der Waals surface area contributed by atoms with Crippen molar-refractivity contribution < 1.29 is 0 Å². The molecule has 1 atom stereocenters. The number of hydrogen-bond acceptors (Lipinski definition) is 0. The maximum Gasteiger partial charge on any atom is -0.0412 e. The molecule has 1 unspecified atom stereocenters. The Labute approximate surface area is 90.5 Å². The topological polar surface area (TPSA) is 0 Å². The van der Waals surface area contributed by atoms with Crippen molar-refractivity contribution in [3.8, 4) is 0 Å². The molecule has 1 aliphatic rings. The summed E-state index contributed by atoms with van der Waals surface area (Å²) >= 11 is 0. The fraction of sp³-hybridized carbons (Fsp3) is 1.00. The van der Waals surface area contributed by atoms with Gasteiger partial charge in [0.2, 0.25) is 0 Å². The van der Waals surface area contributed by atoms with Crippen LogP contribution in [0.15, 0.2) is 0 Å². The molecule has 0 aromatic heterocycles. The molecular weight excluding hydrogens is 168 g/mol. The van der Waals surface area contributed by atoms with Crippen molar-refractivity contribution in [3.63, 3.8) is 0 Å². The Hall–Kier alpha value is 0. The molecule has 0 heterocycles. The maximum atomic E-state index is 2.46. The van der Waals surface area contributed by atoms with E-state index in [0.717, 1.165) is 11.8 Å². The quantitative estimate of drug-likeness (QED) is 0.514. The molecule has 0 aromatic rings. The fourth-order valence-corrected chi connectivity index (χ4v) is 2.85. The van der Waals surface area contributed by atoms with Crippen LogP contribution in [-0.4, -0.2) is 0 Å². The average Bonchev–Trinajstić information content (AvgIpc) is 2.20. The Morgan fingerprint density at radius 2 is 1.79 bits per heavy atom. The predicted octanol–water partition coefficient (Wildman–Crippen LogP) is 5.17. The highest BCUT2D eigenvalue weighted by Gasteiger charge is 2.15. The minimum atomic E-state index is 0.990. The third-order valence-electron chi connectivity index (χ3n) is 3.76. The summed E-state index contributed by atoms with van der Waals surface area (Å²) < 4.78 is 0. The molecule has 0 spiro atoms. The van der Waals surface area contributed by atoms with Gasteiger partial charge in [-0.3, -0.25) is 0 Å². The lowest BCUT2D eigenvalue weighted by Gasteiger charge is -2.24. The molecule has 1 aliphatic carbocycles. The van der Waals surface area contributed by atoms with Crippen LogP contribution in [0.1, 0.15) is 78.1 Å². The summed E-state index contributed by atoms with van der Waals surface area (Å²) in [5, 5.41) is 0. The van der Waals surface area contributed by atoms with E-state index in [-0.39, 0.29) is 0 Å². The highest BCUT2D eigenvalue weighted by atomic mass is 14.2. The van der Waals surface area contributed by atoms with E-state index in [9.17, 15) is 0 Å². The summed E-state index contributed by atoms with van der Waals surface area (Å²) in [5.41, 5.74) is 0. The van der Waals surface area contributed by atoms with Crippen molar-refractivity contribution in [3.05, 3.63) is 0 Å².